The number of aromatic nitrogens is 2. The van der Waals surface area contributed by atoms with E-state index in [2.05, 4.69) is 25.7 Å². The first kappa shape index (κ1) is 21.6. The van der Waals surface area contributed by atoms with Gasteiger partial charge in [-0.15, -0.1) is 10.2 Å². The summed E-state index contributed by atoms with van der Waals surface area (Å²) >= 11 is 2.84. The summed E-state index contributed by atoms with van der Waals surface area (Å²) < 4.78 is 6.14. The van der Waals surface area contributed by atoms with E-state index < -0.39 is 0 Å². The van der Waals surface area contributed by atoms with Gasteiger partial charge in [-0.1, -0.05) is 40.8 Å². The molecule has 2 heterocycles. The van der Waals surface area contributed by atoms with E-state index in [0.29, 0.717) is 5.13 Å². The van der Waals surface area contributed by atoms with Gasteiger partial charge in [0.1, 0.15) is 0 Å². The van der Waals surface area contributed by atoms with Gasteiger partial charge in [0, 0.05) is 30.2 Å². The first-order valence-corrected chi connectivity index (χ1v) is 11.8. The summed E-state index contributed by atoms with van der Waals surface area (Å²) in [5, 5.41) is 15.0. The Kier molecular flexibility index (Phi) is 7.06. The molecule has 4 rings (SSSR count). The normalized spacial score (nSPS) is 14.8. The van der Waals surface area contributed by atoms with Gasteiger partial charge in [0.05, 0.1) is 18.5 Å². The summed E-state index contributed by atoms with van der Waals surface area (Å²) in [5.41, 5.74) is 4.10. The second kappa shape index (κ2) is 10.1. The standard InChI is InChI=1S/C22H25N5O2S2/c1-15-3-5-18(6-4-15)24-21-25-26-22(31-21)30-16(2)20(28)23-17-7-9-19(10-8-17)27-11-13-29-14-12-27/h3-10,16H,11-14H2,1-2H3,(H,23,28)(H,24,25). The van der Waals surface area contributed by atoms with Crippen LogP contribution in [0, 0.1) is 6.92 Å². The Morgan fingerprint density at radius 1 is 1.06 bits per heavy atom. The molecule has 0 radical (unpaired) electrons. The number of carbonyl (C=O) groups excluding carboxylic acids is 1. The topological polar surface area (TPSA) is 79.4 Å². The summed E-state index contributed by atoms with van der Waals surface area (Å²) in [4.78, 5) is 14.9. The number of aryl methyl sites for hydroxylation is 1. The van der Waals surface area contributed by atoms with Crippen LogP contribution >= 0.6 is 23.1 Å². The van der Waals surface area contributed by atoms with Crippen molar-refractivity contribution in [2.45, 2.75) is 23.4 Å². The quantitative estimate of drug-likeness (QED) is 0.506. The second-order valence-corrected chi connectivity index (χ2v) is 9.83. The molecule has 1 fully saturated rings. The minimum atomic E-state index is -0.293. The van der Waals surface area contributed by atoms with E-state index in [9.17, 15) is 4.79 Å². The van der Waals surface area contributed by atoms with Crippen molar-refractivity contribution >= 4 is 51.2 Å². The molecule has 7 nitrogen and oxygen atoms in total. The van der Waals surface area contributed by atoms with E-state index in [0.717, 1.165) is 47.7 Å². The fourth-order valence-electron chi connectivity index (χ4n) is 3.09. The van der Waals surface area contributed by atoms with Gasteiger partial charge in [-0.2, -0.15) is 0 Å². The lowest BCUT2D eigenvalue weighted by atomic mass is 10.2. The lowest BCUT2D eigenvalue weighted by molar-refractivity contribution is -0.115. The van der Waals surface area contributed by atoms with Crippen LogP contribution in [0.1, 0.15) is 12.5 Å². The highest BCUT2D eigenvalue weighted by molar-refractivity contribution is 8.02. The summed E-state index contributed by atoms with van der Waals surface area (Å²) in [6.07, 6.45) is 0. The van der Waals surface area contributed by atoms with Gasteiger partial charge in [-0.05, 0) is 50.2 Å². The molecule has 0 aliphatic carbocycles. The molecule has 1 aromatic heterocycles. The van der Waals surface area contributed by atoms with Crippen LogP contribution in [-0.4, -0.2) is 47.7 Å². The van der Waals surface area contributed by atoms with Crippen molar-refractivity contribution in [1.29, 1.82) is 0 Å². The maximum absolute atomic E-state index is 12.6. The Bertz CT molecular complexity index is 1000. The van der Waals surface area contributed by atoms with Crippen LogP contribution in [0.3, 0.4) is 0 Å². The lowest BCUT2D eigenvalue weighted by Gasteiger charge is -2.28. The van der Waals surface area contributed by atoms with Crippen molar-refractivity contribution < 1.29 is 9.53 Å². The predicted molar refractivity (Wildman–Crippen MR) is 128 cm³/mol. The molecule has 1 unspecified atom stereocenters. The second-order valence-electron chi connectivity index (χ2n) is 7.26. The number of hydrogen-bond donors (Lipinski definition) is 2. The molecule has 9 heteroatoms. The summed E-state index contributed by atoms with van der Waals surface area (Å²) in [6, 6.07) is 16.0. The fourth-order valence-corrected chi connectivity index (χ4v) is 5.01. The Morgan fingerprint density at radius 2 is 1.74 bits per heavy atom. The van der Waals surface area contributed by atoms with Crippen LogP contribution in [0.5, 0.6) is 0 Å². The molecule has 1 amide bonds. The number of rotatable bonds is 7. The fraction of sp³-hybridized carbons (Fsp3) is 0.318. The molecule has 1 aliphatic heterocycles. The van der Waals surface area contributed by atoms with Crippen LogP contribution in [0.25, 0.3) is 0 Å². The van der Waals surface area contributed by atoms with Crippen molar-refractivity contribution in [2.24, 2.45) is 0 Å². The van der Waals surface area contributed by atoms with E-state index >= 15 is 0 Å². The van der Waals surface area contributed by atoms with Gasteiger partial charge >= 0.3 is 0 Å². The number of amides is 1. The van der Waals surface area contributed by atoms with Gasteiger partial charge in [0.25, 0.3) is 0 Å². The molecule has 31 heavy (non-hydrogen) atoms. The highest BCUT2D eigenvalue weighted by atomic mass is 32.2. The number of nitrogens with one attached hydrogen (secondary N) is 2. The molecule has 3 aromatic rings. The number of thioether (sulfide) groups is 1. The molecule has 0 bridgehead atoms. The van der Waals surface area contributed by atoms with Gasteiger partial charge in [0.2, 0.25) is 11.0 Å². The van der Waals surface area contributed by atoms with Crippen LogP contribution in [0.4, 0.5) is 22.2 Å². The maximum atomic E-state index is 12.6. The number of morpholine rings is 1. The van der Waals surface area contributed by atoms with Crippen LogP contribution in [0.2, 0.25) is 0 Å². The minimum absolute atomic E-state index is 0.0626. The van der Waals surface area contributed by atoms with Crippen molar-refractivity contribution in [1.82, 2.24) is 10.2 Å². The largest absolute Gasteiger partial charge is 0.378 e. The van der Waals surface area contributed by atoms with Crippen LogP contribution < -0.4 is 15.5 Å². The van der Waals surface area contributed by atoms with Crippen LogP contribution in [0.15, 0.2) is 52.9 Å². The molecule has 2 N–H and O–H groups in total. The SMILES string of the molecule is Cc1ccc(Nc2nnc(SC(C)C(=O)Nc3ccc(N4CCOCC4)cc3)s2)cc1. The number of benzene rings is 2. The van der Waals surface area contributed by atoms with E-state index in [4.69, 9.17) is 4.74 Å². The number of ether oxygens (including phenoxy) is 1. The van der Waals surface area contributed by atoms with Crippen molar-refractivity contribution in [2.75, 3.05) is 41.8 Å². The third-order valence-electron chi connectivity index (χ3n) is 4.87. The van der Waals surface area contributed by atoms with Gasteiger partial charge in [0.15, 0.2) is 4.34 Å². The zero-order chi connectivity index (χ0) is 21.6. The molecule has 1 saturated heterocycles. The number of anilines is 4. The first-order valence-electron chi connectivity index (χ1n) is 10.1. The third kappa shape index (κ3) is 5.96. The molecule has 0 saturated carbocycles. The molecule has 162 valence electrons. The molecule has 0 spiro atoms. The number of carbonyl (C=O) groups is 1. The number of hydrogen-bond acceptors (Lipinski definition) is 8. The summed E-state index contributed by atoms with van der Waals surface area (Å²) in [7, 11) is 0. The van der Waals surface area contributed by atoms with Gasteiger partial charge in [-0.3, -0.25) is 4.79 Å². The highest BCUT2D eigenvalue weighted by Gasteiger charge is 2.18. The van der Waals surface area contributed by atoms with E-state index in [1.165, 1.54) is 28.7 Å². The van der Waals surface area contributed by atoms with Crippen molar-refractivity contribution in [3.8, 4) is 0 Å². The monoisotopic (exact) mass is 455 g/mol. The number of nitrogens with zero attached hydrogens (tertiary/aromatic N) is 3. The molecular formula is C22H25N5O2S2. The Labute approximate surface area is 190 Å². The zero-order valence-electron chi connectivity index (χ0n) is 17.5. The summed E-state index contributed by atoms with van der Waals surface area (Å²) in [6.45, 7) is 7.21. The van der Waals surface area contributed by atoms with E-state index in [1.807, 2.05) is 62.4 Å². The van der Waals surface area contributed by atoms with Crippen LogP contribution in [-0.2, 0) is 9.53 Å². The minimum Gasteiger partial charge on any atom is -0.378 e. The molecule has 2 aromatic carbocycles. The average Bonchev–Trinajstić information content (AvgIpc) is 3.23. The average molecular weight is 456 g/mol. The Morgan fingerprint density at radius 3 is 2.45 bits per heavy atom. The van der Waals surface area contributed by atoms with E-state index in [-0.39, 0.29) is 11.2 Å². The highest BCUT2D eigenvalue weighted by Crippen LogP contribution is 2.31. The van der Waals surface area contributed by atoms with E-state index in [1.54, 1.807) is 0 Å². The smallest absolute Gasteiger partial charge is 0.237 e. The predicted octanol–water partition coefficient (Wildman–Crippen LogP) is 4.55. The first-order chi connectivity index (χ1) is 15.1. The molecular weight excluding hydrogens is 430 g/mol. The zero-order valence-corrected chi connectivity index (χ0v) is 19.1. The van der Waals surface area contributed by atoms with Gasteiger partial charge in [-0.25, -0.2) is 0 Å². The maximum Gasteiger partial charge on any atom is 0.237 e. The molecule has 1 atom stereocenters. The third-order valence-corrected chi connectivity index (χ3v) is 6.89. The Hall–Kier alpha value is -2.62. The summed E-state index contributed by atoms with van der Waals surface area (Å²) in [5.74, 6) is -0.0626. The lowest BCUT2D eigenvalue weighted by Crippen LogP contribution is -2.36. The van der Waals surface area contributed by atoms with Crippen molar-refractivity contribution in [3.63, 3.8) is 0 Å². The molecule has 1 aliphatic rings. The Balaban J connectivity index is 1.29. The van der Waals surface area contributed by atoms with Crippen molar-refractivity contribution in [3.05, 3.63) is 54.1 Å². The van der Waals surface area contributed by atoms with Gasteiger partial charge < -0.3 is 20.3 Å².